The summed E-state index contributed by atoms with van der Waals surface area (Å²) in [6.45, 7) is 11.2. The van der Waals surface area contributed by atoms with E-state index < -0.39 is 0 Å². The molecule has 3 fully saturated rings. The minimum atomic E-state index is -0.121. The molecule has 3 saturated carbocycles. The highest BCUT2D eigenvalue weighted by Crippen LogP contribution is 2.66. The minimum absolute atomic E-state index is 0.0403. The van der Waals surface area contributed by atoms with Crippen LogP contribution < -0.4 is 0 Å². The molecule has 0 N–H and O–H groups in total. The van der Waals surface area contributed by atoms with Crippen LogP contribution in [-0.4, -0.2) is 26.0 Å². The molecular weight excluding hydrogens is 316 g/mol. The van der Waals surface area contributed by atoms with Crippen LogP contribution in [0.1, 0.15) is 65.7 Å². The molecular formula is C21H34O4. The molecule has 2 bridgehead atoms. The van der Waals surface area contributed by atoms with Crippen LogP contribution in [-0.2, 0) is 19.0 Å². The molecule has 0 heterocycles. The van der Waals surface area contributed by atoms with Crippen molar-refractivity contribution in [3.63, 3.8) is 0 Å². The van der Waals surface area contributed by atoms with E-state index in [4.69, 9.17) is 14.2 Å². The van der Waals surface area contributed by atoms with Crippen molar-refractivity contribution in [2.45, 2.75) is 71.8 Å². The third kappa shape index (κ3) is 3.11. The van der Waals surface area contributed by atoms with E-state index in [9.17, 15) is 4.79 Å². The molecule has 142 valence electrons. The number of ether oxygens (including phenoxy) is 3. The number of allylic oxidation sites excluding steroid dienone is 1. The van der Waals surface area contributed by atoms with Crippen molar-refractivity contribution in [1.29, 1.82) is 0 Å². The first-order valence-corrected chi connectivity index (χ1v) is 9.82. The van der Waals surface area contributed by atoms with Gasteiger partial charge in [-0.05, 0) is 43.4 Å². The molecule has 5 unspecified atom stereocenters. The van der Waals surface area contributed by atoms with Gasteiger partial charge in [0.05, 0.1) is 11.7 Å². The van der Waals surface area contributed by atoms with Crippen LogP contribution in [0.3, 0.4) is 0 Å². The maximum Gasteiger partial charge on any atom is 0.309 e. The van der Waals surface area contributed by atoms with Gasteiger partial charge in [-0.3, -0.25) is 4.79 Å². The lowest BCUT2D eigenvalue weighted by atomic mass is 9.70. The van der Waals surface area contributed by atoms with Gasteiger partial charge in [0.15, 0.2) is 6.79 Å². The van der Waals surface area contributed by atoms with Crippen LogP contribution in [0.15, 0.2) is 12.3 Å². The third-order valence-corrected chi connectivity index (χ3v) is 7.82. The molecule has 0 aromatic heterocycles. The third-order valence-electron chi connectivity index (χ3n) is 7.82. The van der Waals surface area contributed by atoms with Crippen LogP contribution in [0.25, 0.3) is 0 Å². The lowest BCUT2D eigenvalue weighted by molar-refractivity contribution is -0.165. The number of carbonyl (C=O) groups is 1. The van der Waals surface area contributed by atoms with E-state index >= 15 is 0 Å². The summed E-state index contributed by atoms with van der Waals surface area (Å²) in [5, 5.41) is 0. The van der Waals surface area contributed by atoms with Gasteiger partial charge in [-0.2, -0.15) is 0 Å². The van der Waals surface area contributed by atoms with Crippen LogP contribution in [0.5, 0.6) is 0 Å². The van der Waals surface area contributed by atoms with E-state index in [-0.39, 0.29) is 41.5 Å². The van der Waals surface area contributed by atoms with Crippen molar-refractivity contribution in [2.75, 3.05) is 13.9 Å². The van der Waals surface area contributed by atoms with Gasteiger partial charge >= 0.3 is 5.97 Å². The molecule has 4 nitrogen and oxygen atoms in total. The first kappa shape index (κ1) is 18.8. The van der Waals surface area contributed by atoms with Crippen LogP contribution in [0.2, 0.25) is 0 Å². The maximum atomic E-state index is 13.0. The Hall–Kier alpha value is -1.03. The van der Waals surface area contributed by atoms with Crippen molar-refractivity contribution in [3.8, 4) is 0 Å². The SMILES string of the molecule is C=C(OCOC)C1CCCCC1C(=O)OC1CC2CCC1(C)C2(C)C. The summed E-state index contributed by atoms with van der Waals surface area (Å²) in [5.41, 5.74) is 0.371. The fourth-order valence-corrected chi connectivity index (χ4v) is 5.58. The zero-order valence-corrected chi connectivity index (χ0v) is 16.3. The molecule has 25 heavy (non-hydrogen) atoms. The quantitative estimate of drug-likeness (QED) is 0.396. The number of methoxy groups -OCH3 is 1. The second-order valence-corrected chi connectivity index (χ2v) is 9.05. The molecule has 0 spiro atoms. The predicted octanol–water partition coefficient (Wildman–Crippen LogP) is 4.69. The van der Waals surface area contributed by atoms with Crippen LogP contribution >= 0.6 is 0 Å². The molecule has 3 aliphatic carbocycles. The molecule has 0 aliphatic heterocycles. The average molecular weight is 350 g/mol. The molecule has 0 saturated heterocycles. The predicted molar refractivity (Wildman–Crippen MR) is 96.7 cm³/mol. The minimum Gasteiger partial charge on any atom is -0.472 e. The highest BCUT2D eigenvalue weighted by Gasteiger charge is 2.63. The Bertz CT molecular complexity index is 526. The summed E-state index contributed by atoms with van der Waals surface area (Å²) >= 11 is 0. The van der Waals surface area contributed by atoms with Crippen LogP contribution in [0.4, 0.5) is 0 Å². The molecule has 0 amide bonds. The Kier molecular flexibility index (Phi) is 5.21. The van der Waals surface area contributed by atoms with Gasteiger partial charge in [0.25, 0.3) is 0 Å². The zero-order valence-electron chi connectivity index (χ0n) is 16.3. The normalized spacial score (nSPS) is 39.2. The molecule has 4 heteroatoms. The molecule has 0 radical (unpaired) electrons. The summed E-state index contributed by atoms with van der Waals surface area (Å²) in [4.78, 5) is 13.0. The zero-order chi connectivity index (χ0) is 18.2. The van der Waals surface area contributed by atoms with Gasteiger partial charge in [-0.25, -0.2) is 0 Å². The fourth-order valence-electron chi connectivity index (χ4n) is 5.58. The van der Waals surface area contributed by atoms with E-state index in [2.05, 4.69) is 27.4 Å². The fraction of sp³-hybridized carbons (Fsp3) is 0.857. The van der Waals surface area contributed by atoms with E-state index in [1.807, 2.05) is 0 Å². The van der Waals surface area contributed by atoms with Gasteiger partial charge in [0, 0.05) is 18.4 Å². The maximum absolute atomic E-state index is 13.0. The summed E-state index contributed by atoms with van der Waals surface area (Å²) in [5.74, 6) is 1.24. The molecule has 5 atom stereocenters. The highest BCUT2D eigenvalue weighted by molar-refractivity contribution is 5.73. The Morgan fingerprint density at radius 3 is 2.36 bits per heavy atom. The van der Waals surface area contributed by atoms with E-state index in [0.717, 1.165) is 32.1 Å². The number of rotatable bonds is 6. The number of hydrogen-bond donors (Lipinski definition) is 0. The molecule has 0 aromatic rings. The Morgan fingerprint density at radius 1 is 1.12 bits per heavy atom. The van der Waals surface area contributed by atoms with Gasteiger partial charge in [-0.1, -0.05) is 40.2 Å². The van der Waals surface area contributed by atoms with Gasteiger partial charge in [-0.15, -0.1) is 0 Å². The van der Waals surface area contributed by atoms with E-state index in [1.54, 1.807) is 7.11 Å². The summed E-state index contributed by atoms with van der Waals surface area (Å²) < 4.78 is 16.7. The number of carbonyl (C=O) groups excluding carboxylic acids is 1. The first-order valence-electron chi connectivity index (χ1n) is 9.82. The highest BCUT2D eigenvalue weighted by atomic mass is 16.7. The molecule has 0 aromatic carbocycles. The number of fused-ring (bicyclic) bond motifs is 2. The van der Waals surface area contributed by atoms with E-state index in [0.29, 0.717) is 11.7 Å². The Morgan fingerprint density at radius 2 is 1.80 bits per heavy atom. The molecule has 3 rings (SSSR count). The molecule has 3 aliphatic rings. The van der Waals surface area contributed by atoms with Crippen molar-refractivity contribution < 1.29 is 19.0 Å². The second-order valence-electron chi connectivity index (χ2n) is 9.05. The number of hydrogen-bond acceptors (Lipinski definition) is 4. The Labute approximate surface area is 152 Å². The summed E-state index contributed by atoms with van der Waals surface area (Å²) in [6.07, 6.45) is 7.51. The monoisotopic (exact) mass is 350 g/mol. The topological polar surface area (TPSA) is 44.8 Å². The van der Waals surface area contributed by atoms with Crippen molar-refractivity contribution in [2.24, 2.45) is 28.6 Å². The van der Waals surface area contributed by atoms with Crippen molar-refractivity contribution in [3.05, 3.63) is 12.3 Å². The second kappa shape index (κ2) is 6.94. The summed E-state index contributed by atoms with van der Waals surface area (Å²) in [6, 6.07) is 0. The lowest BCUT2D eigenvalue weighted by Crippen LogP contribution is -2.41. The summed E-state index contributed by atoms with van der Waals surface area (Å²) in [7, 11) is 1.59. The van der Waals surface area contributed by atoms with Gasteiger partial charge in [0.2, 0.25) is 0 Å². The van der Waals surface area contributed by atoms with Crippen LogP contribution in [0, 0.1) is 28.6 Å². The standard InChI is InChI=1S/C21H34O4/c1-14(24-13-23-5)16-8-6-7-9-17(16)19(22)25-18-12-15-10-11-21(18,4)20(15,2)3/h15-18H,1,6-13H2,2-5H3. The van der Waals surface area contributed by atoms with Gasteiger partial charge < -0.3 is 14.2 Å². The number of esters is 1. The van der Waals surface area contributed by atoms with Crippen molar-refractivity contribution in [1.82, 2.24) is 0 Å². The average Bonchev–Trinajstić information content (AvgIpc) is 2.93. The van der Waals surface area contributed by atoms with E-state index in [1.165, 1.54) is 12.8 Å². The largest absolute Gasteiger partial charge is 0.472 e. The lowest BCUT2D eigenvalue weighted by Gasteiger charge is -2.39. The smallest absolute Gasteiger partial charge is 0.309 e. The Balaban J connectivity index is 1.66. The first-order chi connectivity index (χ1) is 11.8. The van der Waals surface area contributed by atoms with Gasteiger partial charge in [0.1, 0.15) is 6.10 Å². The van der Waals surface area contributed by atoms with Crippen molar-refractivity contribution >= 4 is 5.97 Å².